The van der Waals surface area contributed by atoms with Gasteiger partial charge in [-0.25, -0.2) is 4.98 Å². The van der Waals surface area contributed by atoms with Crippen LogP contribution in [-0.4, -0.2) is 17.4 Å². The monoisotopic (exact) mass is 279 g/mol. The molecule has 0 radical (unpaired) electrons. The maximum Gasteiger partial charge on any atom is 0.228 e. The SMILES string of the molecule is O=C(Nc1ccc(N2CCc3ccccc32)cn1)C1CC1. The molecule has 1 aliphatic carbocycles. The van der Waals surface area contributed by atoms with Gasteiger partial charge in [-0.05, 0) is 43.0 Å². The van der Waals surface area contributed by atoms with E-state index in [1.165, 1.54) is 11.3 Å². The Hall–Kier alpha value is -2.36. The van der Waals surface area contributed by atoms with Gasteiger partial charge >= 0.3 is 0 Å². The van der Waals surface area contributed by atoms with Crippen molar-refractivity contribution in [3.8, 4) is 0 Å². The summed E-state index contributed by atoms with van der Waals surface area (Å²) < 4.78 is 0. The molecule has 1 saturated carbocycles. The van der Waals surface area contributed by atoms with E-state index in [1.54, 1.807) is 0 Å². The van der Waals surface area contributed by atoms with Crippen LogP contribution in [0.25, 0.3) is 0 Å². The second-order valence-electron chi connectivity index (χ2n) is 5.70. The van der Waals surface area contributed by atoms with Crippen LogP contribution in [-0.2, 0) is 11.2 Å². The quantitative estimate of drug-likeness (QED) is 0.939. The molecule has 0 atom stereocenters. The maximum atomic E-state index is 11.7. The van der Waals surface area contributed by atoms with Crippen LogP contribution >= 0.6 is 0 Å². The molecule has 2 heterocycles. The van der Waals surface area contributed by atoms with E-state index in [4.69, 9.17) is 0 Å². The van der Waals surface area contributed by atoms with Gasteiger partial charge in [-0.1, -0.05) is 18.2 Å². The number of fused-ring (bicyclic) bond motifs is 1. The number of hydrogen-bond donors (Lipinski definition) is 1. The molecule has 106 valence electrons. The lowest BCUT2D eigenvalue weighted by molar-refractivity contribution is -0.117. The highest BCUT2D eigenvalue weighted by molar-refractivity contribution is 5.93. The van der Waals surface area contributed by atoms with Gasteiger partial charge in [0, 0.05) is 18.2 Å². The molecule has 1 amide bonds. The third-order valence-electron chi connectivity index (χ3n) is 4.15. The first-order valence-corrected chi connectivity index (χ1v) is 7.43. The molecular formula is C17H17N3O. The minimum Gasteiger partial charge on any atom is -0.340 e. The van der Waals surface area contributed by atoms with Gasteiger partial charge in [-0.15, -0.1) is 0 Å². The summed E-state index contributed by atoms with van der Waals surface area (Å²) in [6, 6.07) is 12.4. The van der Waals surface area contributed by atoms with Gasteiger partial charge in [0.25, 0.3) is 0 Å². The number of carbonyl (C=O) groups excluding carboxylic acids is 1. The number of rotatable bonds is 3. The van der Waals surface area contributed by atoms with Crippen molar-refractivity contribution in [3.63, 3.8) is 0 Å². The molecule has 0 bridgehead atoms. The summed E-state index contributed by atoms with van der Waals surface area (Å²) in [4.78, 5) is 18.4. The third kappa shape index (κ3) is 2.37. The zero-order valence-corrected chi connectivity index (χ0v) is 11.7. The molecule has 1 aromatic carbocycles. The molecule has 0 unspecified atom stereocenters. The molecule has 2 aliphatic rings. The zero-order chi connectivity index (χ0) is 14.2. The average Bonchev–Trinajstić information content (AvgIpc) is 3.28. The van der Waals surface area contributed by atoms with Crippen LogP contribution in [0, 0.1) is 5.92 Å². The minimum atomic E-state index is 0.0989. The first kappa shape index (κ1) is 12.4. The first-order chi connectivity index (χ1) is 10.3. The van der Waals surface area contributed by atoms with Gasteiger partial charge in [0.2, 0.25) is 5.91 Å². The Morgan fingerprint density at radius 1 is 1.19 bits per heavy atom. The van der Waals surface area contributed by atoms with Crippen LogP contribution in [0.4, 0.5) is 17.2 Å². The Bertz CT molecular complexity index is 677. The van der Waals surface area contributed by atoms with E-state index in [0.29, 0.717) is 5.82 Å². The largest absolute Gasteiger partial charge is 0.340 e. The van der Waals surface area contributed by atoms with Crippen molar-refractivity contribution in [1.82, 2.24) is 4.98 Å². The Kier molecular flexibility index (Phi) is 2.88. The van der Waals surface area contributed by atoms with Crippen LogP contribution in [0.15, 0.2) is 42.6 Å². The highest BCUT2D eigenvalue weighted by Crippen LogP contribution is 2.34. The van der Waals surface area contributed by atoms with E-state index in [-0.39, 0.29) is 11.8 Å². The molecule has 1 aromatic heterocycles. The molecule has 1 fully saturated rings. The number of aromatic nitrogens is 1. The topological polar surface area (TPSA) is 45.2 Å². The Morgan fingerprint density at radius 2 is 2.05 bits per heavy atom. The number of anilines is 3. The Labute approximate surface area is 123 Å². The van der Waals surface area contributed by atoms with Crippen LogP contribution in [0.2, 0.25) is 0 Å². The van der Waals surface area contributed by atoms with E-state index in [2.05, 4.69) is 39.5 Å². The zero-order valence-electron chi connectivity index (χ0n) is 11.7. The van der Waals surface area contributed by atoms with Crippen molar-refractivity contribution in [3.05, 3.63) is 48.2 Å². The first-order valence-electron chi connectivity index (χ1n) is 7.43. The van der Waals surface area contributed by atoms with Crippen molar-refractivity contribution < 1.29 is 4.79 Å². The molecule has 2 aromatic rings. The number of carbonyl (C=O) groups is 1. The number of pyridine rings is 1. The van der Waals surface area contributed by atoms with Gasteiger partial charge in [0.15, 0.2) is 0 Å². The van der Waals surface area contributed by atoms with Crippen LogP contribution in [0.5, 0.6) is 0 Å². The molecule has 1 aliphatic heterocycles. The average molecular weight is 279 g/mol. The Morgan fingerprint density at radius 3 is 2.81 bits per heavy atom. The summed E-state index contributed by atoms with van der Waals surface area (Å²) in [5.74, 6) is 0.946. The van der Waals surface area contributed by atoms with E-state index < -0.39 is 0 Å². The summed E-state index contributed by atoms with van der Waals surface area (Å²) >= 11 is 0. The Balaban J connectivity index is 1.53. The molecule has 4 rings (SSSR count). The van der Waals surface area contributed by atoms with Gasteiger partial charge in [0.1, 0.15) is 5.82 Å². The fraction of sp³-hybridized carbons (Fsp3) is 0.294. The fourth-order valence-corrected chi connectivity index (χ4v) is 2.80. The highest BCUT2D eigenvalue weighted by Gasteiger charge is 2.29. The lowest BCUT2D eigenvalue weighted by atomic mass is 10.2. The van der Waals surface area contributed by atoms with Crippen molar-refractivity contribution in [1.29, 1.82) is 0 Å². The molecular weight excluding hydrogens is 262 g/mol. The predicted octanol–water partition coefficient (Wildman–Crippen LogP) is 3.12. The second-order valence-corrected chi connectivity index (χ2v) is 5.70. The number of hydrogen-bond acceptors (Lipinski definition) is 3. The molecule has 0 spiro atoms. The van der Waals surface area contributed by atoms with Crippen LogP contribution in [0.3, 0.4) is 0 Å². The van der Waals surface area contributed by atoms with Gasteiger partial charge in [-0.2, -0.15) is 0 Å². The molecule has 1 N–H and O–H groups in total. The van der Waals surface area contributed by atoms with Crippen molar-refractivity contribution >= 4 is 23.1 Å². The van der Waals surface area contributed by atoms with E-state index >= 15 is 0 Å². The second kappa shape index (κ2) is 4.88. The normalized spacial score (nSPS) is 16.7. The summed E-state index contributed by atoms with van der Waals surface area (Å²) in [6.07, 6.45) is 4.92. The molecule has 0 saturated heterocycles. The number of nitrogens with zero attached hydrogens (tertiary/aromatic N) is 2. The van der Waals surface area contributed by atoms with Crippen molar-refractivity contribution in [2.75, 3.05) is 16.8 Å². The van der Waals surface area contributed by atoms with Gasteiger partial charge < -0.3 is 10.2 Å². The molecule has 4 heteroatoms. The molecule has 4 nitrogen and oxygen atoms in total. The van der Waals surface area contributed by atoms with Crippen LogP contribution in [0.1, 0.15) is 18.4 Å². The smallest absolute Gasteiger partial charge is 0.228 e. The lowest BCUT2D eigenvalue weighted by Crippen LogP contribution is -2.16. The number of para-hydroxylation sites is 1. The number of benzene rings is 1. The van der Waals surface area contributed by atoms with Gasteiger partial charge in [0.05, 0.1) is 11.9 Å². The van der Waals surface area contributed by atoms with E-state index in [9.17, 15) is 4.79 Å². The summed E-state index contributed by atoms with van der Waals surface area (Å²) in [5, 5.41) is 2.87. The lowest BCUT2D eigenvalue weighted by Gasteiger charge is -2.19. The number of nitrogens with one attached hydrogen (secondary N) is 1. The third-order valence-corrected chi connectivity index (χ3v) is 4.15. The predicted molar refractivity (Wildman–Crippen MR) is 82.7 cm³/mol. The molecule has 21 heavy (non-hydrogen) atoms. The summed E-state index contributed by atoms with van der Waals surface area (Å²) in [6.45, 7) is 0.981. The highest BCUT2D eigenvalue weighted by atomic mass is 16.2. The maximum absolute atomic E-state index is 11.7. The van der Waals surface area contributed by atoms with Crippen LogP contribution < -0.4 is 10.2 Å². The van der Waals surface area contributed by atoms with E-state index in [0.717, 1.165) is 31.5 Å². The summed E-state index contributed by atoms with van der Waals surface area (Å²) in [7, 11) is 0. The minimum absolute atomic E-state index is 0.0989. The van der Waals surface area contributed by atoms with Crippen molar-refractivity contribution in [2.45, 2.75) is 19.3 Å². The summed E-state index contributed by atoms with van der Waals surface area (Å²) in [5.41, 5.74) is 3.71. The number of amides is 1. The van der Waals surface area contributed by atoms with Crippen molar-refractivity contribution in [2.24, 2.45) is 5.92 Å². The fourth-order valence-electron chi connectivity index (χ4n) is 2.80. The standard InChI is InChI=1S/C17H17N3O/c21-17(13-5-6-13)19-16-8-7-14(11-18-16)20-10-9-12-3-1-2-4-15(12)20/h1-4,7-8,11,13H,5-6,9-10H2,(H,18,19,21). The van der Waals surface area contributed by atoms with E-state index in [1.807, 2.05) is 18.3 Å². The van der Waals surface area contributed by atoms with Gasteiger partial charge in [-0.3, -0.25) is 4.79 Å².